The number of benzene rings is 3. The zero-order valence-electron chi connectivity index (χ0n) is 18.5. The molecule has 0 unspecified atom stereocenters. The Kier molecular flexibility index (Phi) is 6.58. The minimum absolute atomic E-state index is 0.0991. The van der Waals surface area contributed by atoms with Crippen LogP contribution in [0.5, 0.6) is 11.5 Å². The fraction of sp³-hybridized carbons (Fsp3) is 0.231. The number of halogens is 1. The van der Waals surface area contributed by atoms with E-state index in [0.29, 0.717) is 36.5 Å². The monoisotopic (exact) mass is 448 g/mol. The van der Waals surface area contributed by atoms with Gasteiger partial charge in [-0.3, -0.25) is 9.59 Å². The average molecular weight is 448 g/mol. The number of hydrogen-bond acceptors (Lipinski definition) is 4. The van der Waals surface area contributed by atoms with Crippen LogP contribution < -0.4 is 14.8 Å². The van der Waals surface area contributed by atoms with Gasteiger partial charge in [0.1, 0.15) is 17.3 Å². The molecule has 0 spiro atoms. The molecule has 170 valence electrons. The van der Waals surface area contributed by atoms with Crippen LogP contribution in [0.25, 0.3) is 0 Å². The van der Waals surface area contributed by atoms with Crippen molar-refractivity contribution < 1.29 is 23.5 Å². The van der Waals surface area contributed by atoms with Crippen LogP contribution in [0, 0.1) is 5.82 Å². The van der Waals surface area contributed by atoms with Crippen LogP contribution in [0.15, 0.2) is 66.7 Å². The summed E-state index contributed by atoms with van der Waals surface area (Å²) in [5.74, 6) is 0.548. The number of fused-ring (bicyclic) bond motifs is 1. The summed E-state index contributed by atoms with van der Waals surface area (Å²) in [5, 5.41) is 2.82. The van der Waals surface area contributed by atoms with E-state index in [4.69, 9.17) is 9.47 Å². The van der Waals surface area contributed by atoms with E-state index in [0.717, 1.165) is 16.9 Å². The molecule has 0 aromatic heterocycles. The molecule has 0 fully saturated rings. The highest BCUT2D eigenvalue weighted by molar-refractivity contribution is 6.04. The molecule has 0 saturated heterocycles. The quantitative estimate of drug-likeness (QED) is 0.606. The molecule has 3 aromatic rings. The molecule has 1 heterocycles. The highest BCUT2D eigenvalue weighted by Crippen LogP contribution is 2.29. The van der Waals surface area contributed by atoms with Crippen LogP contribution in [0.4, 0.5) is 10.1 Å². The van der Waals surface area contributed by atoms with E-state index in [2.05, 4.69) is 5.32 Å². The number of hydrogen-bond donors (Lipinski definition) is 1. The van der Waals surface area contributed by atoms with Gasteiger partial charge in [-0.25, -0.2) is 4.39 Å². The number of carbonyl (C=O) groups is 2. The number of carbonyl (C=O) groups excluding carboxylic acids is 2. The lowest BCUT2D eigenvalue weighted by atomic mass is 10.1. The van der Waals surface area contributed by atoms with E-state index in [1.165, 1.54) is 24.3 Å². The molecule has 7 heteroatoms. The normalized spacial score (nSPS) is 15.3. The molecule has 2 amide bonds. The van der Waals surface area contributed by atoms with E-state index in [1.807, 2.05) is 24.3 Å². The van der Waals surface area contributed by atoms with Crippen LogP contribution in [-0.4, -0.2) is 36.5 Å². The molecule has 6 nitrogen and oxygen atoms in total. The Morgan fingerprint density at radius 2 is 1.91 bits per heavy atom. The van der Waals surface area contributed by atoms with Gasteiger partial charge in [-0.05, 0) is 67.4 Å². The van der Waals surface area contributed by atoms with E-state index in [-0.39, 0.29) is 11.8 Å². The molecule has 1 aliphatic rings. The zero-order chi connectivity index (χ0) is 23.4. The molecule has 1 N–H and O–H groups in total. The van der Waals surface area contributed by atoms with Gasteiger partial charge in [-0.2, -0.15) is 0 Å². The maximum atomic E-state index is 13.1. The summed E-state index contributed by atoms with van der Waals surface area (Å²) in [5.41, 5.74) is 2.74. The van der Waals surface area contributed by atoms with Crippen molar-refractivity contribution in [3.8, 4) is 11.5 Å². The zero-order valence-corrected chi connectivity index (χ0v) is 18.5. The number of rotatable bonds is 6. The summed E-state index contributed by atoms with van der Waals surface area (Å²) in [6.45, 7) is 2.59. The van der Waals surface area contributed by atoms with E-state index >= 15 is 0 Å². The Morgan fingerprint density at radius 1 is 1.15 bits per heavy atom. The third-order valence-corrected chi connectivity index (χ3v) is 5.59. The van der Waals surface area contributed by atoms with Gasteiger partial charge in [0.15, 0.2) is 6.10 Å². The smallest absolute Gasteiger partial charge is 0.263 e. The Bertz CT molecular complexity index is 1160. The number of amides is 2. The van der Waals surface area contributed by atoms with E-state index in [9.17, 15) is 14.0 Å². The Balaban J connectivity index is 1.51. The molecule has 4 rings (SSSR count). The van der Waals surface area contributed by atoms with Crippen molar-refractivity contribution >= 4 is 17.5 Å². The molecule has 33 heavy (non-hydrogen) atoms. The molecular weight excluding hydrogens is 423 g/mol. The number of nitrogens with one attached hydrogen (secondary N) is 1. The lowest BCUT2D eigenvalue weighted by Crippen LogP contribution is -2.39. The minimum Gasteiger partial charge on any atom is -0.496 e. The van der Waals surface area contributed by atoms with Crippen LogP contribution in [0.2, 0.25) is 0 Å². The van der Waals surface area contributed by atoms with Crippen molar-refractivity contribution in [1.82, 2.24) is 4.90 Å². The van der Waals surface area contributed by atoms with Crippen molar-refractivity contribution in [3.05, 3.63) is 89.2 Å². The van der Waals surface area contributed by atoms with Gasteiger partial charge >= 0.3 is 0 Å². The van der Waals surface area contributed by atoms with Gasteiger partial charge in [0, 0.05) is 29.9 Å². The number of ether oxygens (including phenoxy) is 2. The molecule has 0 aliphatic carbocycles. The van der Waals surface area contributed by atoms with Gasteiger partial charge in [-0.15, -0.1) is 0 Å². The fourth-order valence-electron chi connectivity index (χ4n) is 3.84. The first-order valence-electron chi connectivity index (χ1n) is 10.7. The van der Waals surface area contributed by atoms with Crippen molar-refractivity contribution in [2.24, 2.45) is 0 Å². The fourth-order valence-corrected chi connectivity index (χ4v) is 3.84. The standard InChI is InChI=1S/C26H25FN2O4/c1-17-26(31)29(14-13-18-5-3-4-6-23(18)32-2)16-20-15-22(11-12-24(20)33-17)28-25(30)19-7-9-21(27)10-8-19/h3-12,15,17H,13-14,16H2,1-2H3,(H,28,30)/t17-/m1/s1. The number of methoxy groups -OCH3 is 1. The van der Waals surface area contributed by atoms with Crippen molar-refractivity contribution in [2.45, 2.75) is 26.0 Å². The molecule has 1 atom stereocenters. The number of anilines is 1. The molecular formula is C26H25FN2O4. The highest BCUT2D eigenvalue weighted by atomic mass is 19.1. The summed E-state index contributed by atoms with van der Waals surface area (Å²) >= 11 is 0. The topological polar surface area (TPSA) is 67.9 Å². The van der Waals surface area contributed by atoms with Crippen LogP contribution in [0.1, 0.15) is 28.4 Å². The maximum absolute atomic E-state index is 13.1. The third-order valence-electron chi connectivity index (χ3n) is 5.59. The van der Waals surface area contributed by atoms with Gasteiger partial charge in [0.2, 0.25) is 0 Å². The van der Waals surface area contributed by atoms with E-state index < -0.39 is 11.9 Å². The molecule has 3 aromatic carbocycles. The Morgan fingerprint density at radius 3 is 2.67 bits per heavy atom. The predicted molar refractivity (Wildman–Crippen MR) is 123 cm³/mol. The summed E-state index contributed by atoms with van der Waals surface area (Å²) in [4.78, 5) is 27.2. The van der Waals surface area contributed by atoms with Crippen LogP contribution >= 0.6 is 0 Å². The summed E-state index contributed by atoms with van der Waals surface area (Å²) in [6, 6.07) is 18.4. The second kappa shape index (κ2) is 9.73. The Labute approximate surface area is 191 Å². The van der Waals surface area contributed by atoms with Crippen molar-refractivity contribution in [2.75, 3.05) is 19.0 Å². The van der Waals surface area contributed by atoms with Crippen LogP contribution in [0.3, 0.4) is 0 Å². The first-order valence-corrected chi connectivity index (χ1v) is 10.7. The first kappa shape index (κ1) is 22.3. The summed E-state index contributed by atoms with van der Waals surface area (Å²) < 4.78 is 24.4. The average Bonchev–Trinajstić information content (AvgIpc) is 2.94. The lowest BCUT2D eigenvalue weighted by Gasteiger charge is -2.22. The van der Waals surface area contributed by atoms with Gasteiger partial charge in [0.05, 0.1) is 7.11 Å². The SMILES string of the molecule is COc1ccccc1CCN1Cc2cc(NC(=O)c3ccc(F)cc3)ccc2O[C@H](C)C1=O. The summed E-state index contributed by atoms with van der Waals surface area (Å²) in [6.07, 6.45) is 0.0160. The van der Waals surface area contributed by atoms with Crippen molar-refractivity contribution in [3.63, 3.8) is 0 Å². The molecule has 0 bridgehead atoms. The lowest BCUT2D eigenvalue weighted by molar-refractivity contribution is -0.137. The van der Waals surface area contributed by atoms with Crippen molar-refractivity contribution in [1.29, 1.82) is 0 Å². The second-order valence-corrected chi connectivity index (χ2v) is 7.87. The summed E-state index contributed by atoms with van der Waals surface area (Å²) in [7, 11) is 1.63. The van der Waals surface area contributed by atoms with Gasteiger partial charge in [-0.1, -0.05) is 18.2 Å². The second-order valence-electron chi connectivity index (χ2n) is 7.87. The number of para-hydroxylation sites is 1. The minimum atomic E-state index is -0.622. The third kappa shape index (κ3) is 5.14. The van der Waals surface area contributed by atoms with Gasteiger partial charge < -0.3 is 19.7 Å². The number of nitrogens with zero attached hydrogens (tertiary/aromatic N) is 1. The maximum Gasteiger partial charge on any atom is 0.263 e. The molecule has 1 aliphatic heterocycles. The molecule has 0 saturated carbocycles. The first-order chi connectivity index (χ1) is 15.9. The van der Waals surface area contributed by atoms with E-state index in [1.54, 1.807) is 37.1 Å². The highest BCUT2D eigenvalue weighted by Gasteiger charge is 2.28. The Hall–Kier alpha value is -3.87. The molecule has 0 radical (unpaired) electrons. The van der Waals surface area contributed by atoms with Gasteiger partial charge in [0.25, 0.3) is 11.8 Å². The van der Waals surface area contributed by atoms with Crippen LogP contribution in [-0.2, 0) is 17.8 Å². The largest absolute Gasteiger partial charge is 0.496 e. The predicted octanol–water partition coefficient (Wildman–Crippen LogP) is 4.44.